The van der Waals surface area contributed by atoms with Crippen LogP contribution in [0.4, 0.5) is 10.8 Å². The predicted octanol–water partition coefficient (Wildman–Crippen LogP) is 6.48. The zero-order chi connectivity index (χ0) is 27.1. The first-order valence-electron chi connectivity index (χ1n) is 12.0. The fourth-order valence-corrected chi connectivity index (χ4v) is 7.05. The van der Waals surface area contributed by atoms with Crippen molar-refractivity contribution >= 4 is 49.8 Å². The number of carbonyl (C=O) groups excluding carboxylic acids is 1. The lowest BCUT2D eigenvalue weighted by Gasteiger charge is -2.26. The van der Waals surface area contributed by atoms with E-state index in [1.165, 1.54) is 27.4 Å². The topological polar surface area (TPSA) is 92.3 Å². The molecule has 0 aliphatic rings. The molecule has 7 nitrogen and oxygen atoms in total. The molecule has 0 saturated carbocycles. The van der Waals surface area contributed by atoms with E-state index in [9.17, 15) is 13.2 Å². The smallest absolute Gasteiger partial charge is 0.264 e. The Bertz CT molecular complexity index is 1650. The van der Waals surface area contributed by atoms with Crippen LogP contribution in [0, 0.1) is 0 Å². The molecular weight excluding hydrogens is 549 g/mol. The van der Waals surface area contributed by atoms with Crippen LogP contribution in [0.5, 0.6) is 0 Å². The Morgan fingerprint density at radius 2 is 1.36 bits per heavy atom. The van der Waals surface area contributed by atoms with Crippen LogP contribution in [0.3, 0.4) is 0 Å². The summed E-state index contributed by atoms with van der Waals surface area (Å²) < 4.78 is 29.7. The monoisotopic (exact) mass is 572 g/mol. The number of anilines is 2. The molecule has 1 amide bonds. The molecule has 1 aromatic heterocycles. The third-order valence-electron chi connectivity index (χ3n) is 5.75. The summed E-state index contributed by atoms with van der Waals surface area (Å²) >= 11 is 2.80. The van der Waals surface area contributed by atoms with Gasteiger partial charge in [0, 0.05) is 5.75 Å². The quantitative estimate of drug-likeness (QED) is 0.152. The summed E-state index contributed by atoms with van der Waals surface area (Å²) in [6.45, 7) is 0.0570. The summed E-state index contributed by atoms with van der Waals surface area (Å²) in [4.78, 5) is 13.6. The van der Waals surface area contributed by atoms with Crippen LogP contribution in [0.15, 0.2) is 124 Å². The first-order valence-corrected chi connectivity index (χ1v) is 15.3. The van der Waals surface area contributed by atoms with Crippen molar-refractivity contribution in [1.82, 2.24) is 10.2 Å². The highest BCUT2D eigenvalue weighted by Gasteiger charge is 2.28. The van der Waals surface area contributed by atoms with Crippen molar-refractivity contribution in [3.8, 4) is 0 Å². The molecule has 0 fully saturated rings. The molecule has 0 bridgehead atoms. The molecule has 4 aromatic carbocycles. The number of thioether (sulfide) groups is 1. The Hall–Kier alpha value is -3.99. The minimum atomic E-state index is -3.99. The lowest BCUT2D eigenvalue weighted by molar-refractivity contribution is 0.102. The van der Waals surface area contributed by atoms with Crippen LogP contribution in [-0.4, -0.2) is 24.5 Å². The molecule has 0 saturated heterocycles. The second-order valence-electron chi connectivity index (χ2n) is 8.43. The van der Waals surface area contributed by atoms with Gasteiger partial charge in [-0.3, -0.25) is 14.4 Å². The van der Waals surface area contributed by atoms with E-state index in [0.29, 0.717) is 5.13 Å². The Labute approximate surface area is 235 Å². The highest BCUT2D eigenvalue weighted by Crippen LogP contribution is 2.32. The number of aromatic nitrogens is 2. The first kappa shape index (κ1) is 26.6. The molecular formula is C29H24N4O3S3. The molecule has 10 heteroatoms. The number of hydrogen-bond donors (Lipinski definition) is 1. The van der Waals surface area contributed by atoms with Crippen LogP contribution in [0.2, 0.25) is 0 Å². The Morgan fingerprint density at radius 3 is 2.05 bits per heavy atom. The van der Waals surface area contributed by atoms with Gasteiger partial charge in [-0.15, -0.1) is 10.2 Å². The van der Waals surface area contributed by atoms with Crippen molar-refractivity contribution in [3.05, 3.63) is 132 Å². The number of nitrogens with zero attached hydrogens (tertiary/aromatic N) is 3. The van der Waals surface area contributed by atoms with Crippen LogP contribution in [0.25, 0.3) is 0 Å². The molecule has 39 heavy (non-hydrogen) atoms. The number of para-hydroxylation sites is 1. The summed E-state index contributed by atoms with van der Waals surface area (Å²) in [5.74, 6) is 0.264. The number of hydrogen-bond acceptors (Lipinski definition) is 7. The van der Waals surface area contributed by atoms with Crippen LogP contribution < -0.4 is 9.62 Å². The Balaban J connectivity index is 1.41. The van der Waals surface area contributed by atoms with Gasteiger partial charge in [0.15, 0.2) is 4.34 Å². The predicted molar refractivity (Wildman–Crippen MR) is 157 cm³/mol. The summed E-state index contributed by atoms with van der Waals surface area (Å²) in [5.41, 5.74) is 2.43. The second kappa shape index (κ2) is 12.2. The van der Waals surface area contributed by atoms with Gasteiger partial charge in [-0.2, -0.15) is 0 Å². The first-order chi connectivity index (χ1) is 19.0. The van der Waals surface area contributed by atoms with Gasteiger partial charge in [0.25, 0.3) is 15.9 Å². The maximum absolute atomic E-state index is 13.8. The summed E-state index contributed by atoms with van der Waals surface area (Å²) in [7, 11) is -3.99. The maximum Gasteiger partial charge on any atom is 0.264 e. The van der Waals surface area contributed by atoms with Gasteiger partial charge in [-0.1, -0.05) is 114 Å². The van der Waals surface area contributed by atoms with E-state index < -0.39 is 15.9 Å². The average molecular weight is 573 g/mol. The fraction of sp³-hybridized carbons (Fsp3) is 0.0690. The molecule has 1 heterocycles. The molecule has 0 aliphatic carbocycles. The second-order valence-corrected chi connectivity index (χ2v) is 12.5. The third kappa shape index (κ3) is 6.54. The van der Waals surface area contributed by atoms with Crippen LogP contribution in [-0.2, 0) is 22.3 Å². The largest absolute Gasteiger partial charge is 0.296 e. The van der Waals surface area contributed by atoms with Gasteiger partial charge >= 0.3 is 0 Å². The summed E-state index contributed by atoms with van der Waals surface area (Å²) in [6.07, 6.45) is 0. The van der Waals surface area contributed by atoms with Crippen LogP contribution in [0.1, 0.15) is 21.5 Å². The molecule has 196 valence electrons. The Kier molecular flexibility index (Phi) is 8.36. The van der Waals surface area contributed by atoms with E-state index in [-0.39, 0.29) is 22.7 Å². The minimum absolute atomic E-state index is 0.0570. The van der Waals surface area contributed by atoms with Gasteiger partial charge in [-0.25, -0.2) is 8.42 Å². The minimum Gasteiger partial charge on any atom is -0.296 e. The molecule has 0 spiro atoms. The Morgan fingerprint density at radius 1 is 0.769 bits per heavy atom. The van der Waals surface area contributed by atoms with E-state index in [4.69, 9.17) is 0 Å². The molecule has 1 N–H and O–H groups in total. The van der Waals surface area contributed by atoms with E-state index >= 15 is 0 Å². The van der Waals surface area contributed by atoms with Crippen molar-refractivity contribution in [2.45, 2.75) is 21.5 Å². The number of sulfonamides is 1. The van der Waals surface area contributed by atoms with Crippen LogP contribution >= 0.6 is 23.1 Å². The van der Waals surface area contributed by atoms with E-state index in [1.54, 1.807) is 54.6 Å². The molecule has 5 aromatic rings. The fourth-order valence-electron chi connectivity index (χ4n) is 3.85. The van der Waals surface area contributed by atoms with E-state index in [1.807, 2.05) is 60.7 Å². The highest BCUT2D eigenvalue weighted by molar-refractivity contribution is 8.00. The lowest BCUT2D eigenvalue weighted by Crippen LogP contribution is -2.32. The normalized spacial score (nSPS) is 11.2. The highest BCUT2D eigenvalue weighted by atomic mass is 32.2. The third-order valence-corrected chi connectivity index (χ3v) is 9.57. The number of amides is 1. The summed E-state index contributed by atoms with van der Waals surface area (Å²) in [5, 5.41) is 11.4. The molecule has 0 unspecified atom stereocenters. The van der Waals surface area contributed by atoms with Gasteiger partial charge in [-0.05, 0) is 35.4 Å². The molecule has 0 atom stereocenters. The van der Waals surface area contributed by atoms with Gasteiger partial charge in [0.2, 0.25) is 5.13 Å². The molecule has 0 radical (unpaired) electrons. The molecule has 0 aliphatic heterocycles. The van der Waals surface area contributed by atoms with Crippen molar-refractivity contribution < 1.29 is 13.2 Å². The zero-order valence-corrected chi connectivity index (χ0v) is 23.1. The standard InChI is InChI=1S/C29H24N4O3S3/c34-27(30-28-31-32-29(38-28)37-21-23-14-6-2-7-15-23)25-18-10-11-19-26(25)33(20-22-12-4-1-5-13-22)39(35,36)24-16-8-3-9-17-24/h1-19H,20-21H2,(H,30,31,34). The van der Waals surface area contributed by atoms with Crippen molar-refractivity contribution in [2.75, 3.05) is 9.62 Å². The van der Waals surface area contributed by atoms with Crippen molar-refractivity contribution in [3.63, 3.8) is 0 Å². The lowest BCUT2D eigenvalue weighted by atomic mass is 10.1. The molecule has 5 rings (SSSR count). The van der Waals surface area contributed by atoms with Crippen molar-refractivity contribution in [2.24, 2.45) is 0 Å². The van der Waals surface area contributed by atoms with Crippen molar-refractivity contribution in [1.29, 1.82) is 0 Å². The SMILES string of the molecule is O=C(Nc1nnc(SCc2ccccc2)s1)c1ccccc1N(Cc1ccccc1)S(=O)(=O)c1ccccc1. The maximum atomic E-state index is 13.8. The number of benzene rings is 4. The van der Waals surface area contributed by atoms with E-state index in [2.05, 4.69) is 15.5 Å². The van der Waals surface area contributed by atoms with Gasteiger partial charge in [0.05, 0.1) is 22.7 Å². The zero-order valence-electron chi connectivity index (χ0n) is 20.7. The summed E-state index contributed by atoms with van der Waals surface area (Å²) in [6, 6.07) is 34.2. The number of rotatable bonds is 10. The van der Waals surface area contributed by atoms with Gasteiger partial charge < -0.3 is 0 Å². The number of carbonyl (C=O) groups is 1. The van der Waals surface area contributed by atoms with E-state index in [0.717, 1.165) is 21.2 Å². The average Bonchev–Trinajstić information content (AvgIpc) is 3.43. The number of nitrogens with one attached hydrogen (secondary N) is 1. The van der Waals surface area contributed by atoms with Gasteiger partial charge in [0.1, 0.15) is 0 Å².